The highest BCUT2D eigenvalue weighted by atomic mass is 35.5. The Morgan fingerprint density at radius 2 is 2.03 bits per heavy atom. The molecule has 0 radical (unpaired) electrons. The van der Waals surface area contributed by atoms with E-state index < -0.39 is 5.91 Å². The molecule has 1 fully saturated rings. The van der Waals surface area contributed by atoms with Crippen LogP contribution in [0.2, 0.25) is 5.02 Å². The normalized spacial score (nSPS) is 19.7. The minimum Gasteiger partial charge on any atom is -0.504 e. The second kappa shape index (κ2) is 8.00. The number of aliphatic hydroxyl groups is 1. The molecule has 1 aromatic heterocycles. The molecule has 1 atom stereocenters. The maximum atomic E-state index is 12.6. The van der Waals surface area contributed by atoms with Gasteiger partial charge in [-0.05, 0) is 54.3 Å². The molecule has 8 heteroatoms. The van der Waals surface area contributed by atoms with E-state index in [1.165, 1.54) is 18.7 Å². The molecule has 0 spiro atoms. The number of likely N-dealkylation sites (N-methyl/N-ethyl adjacent to an activating group) is 1. The monoisotopic (exact) mass is 451 g/mol. The van der Waals surface area contributed by atoms with E-state index in [1.54, 1.807) is 6.07 Å². The lowest BCUT2D eigenvalue weighted by Crippen LogP contribution is -2.13. The van der Waals surface area contributed by atoms with Gasteiger partial charge in [-0.2, -0.15) is 0 Å². The van der Waals surface area contributed by atoms with Gasteiger partial charge >= 0.3 is 0 Å². The zero-order chi connectivity index (χ0) is 22.4. The zero-order valence-corrected chi connectivity index (χ0v) is 18.4. The minimum atomic E-state index is -0.443. The van der Waals surface area contributed by atoms with Crippen molar-refractivity contribution in [2.75, 3.05) is 32.6 Å². The highest BCUT2D eigenvalue weighted by Gasteiger charge is 2.31. The van der Waals surface area contributed by atoms with Gasteiger partial charge in [-0.25, -0.2) is 0 Å². The lowest BCUT2D eigenvalue weighted by Gasteiger charge is -2.13. The van der Waals surface area contributed by atoms with Crippen LogP contribution >= 0.6 is 11.6 Å². The Morgan fingerprint density at radius 1 is 1.25 bits per heavy atom. The van der Waals surface area contributed by atoms with Gasteiger partial charge in [0.25, 0.3) is 11.8 Å². The van der Waals surface area contributed by atoms with Crippen LogP contribution in [0.1, 0.15) is 29.2 Å². The number of aromatic nitrogens is 1. The fourth-order valence-electron chi connectivity index (χ4n) is 4.38. The van der Waals surface area contributed by atoms with Crippen molar-refractivity contribution in [3.8, 4) is 17.0 Å². The van der Waals surface area contributed by atoms with Gasteiger partial charge in [0, 0.05) is 17.7 Å². The van der Waals surface area contributed by atoms with Gasteiger partial charge in [0.2, 0.25) is 5.76 Å². The number of aliphatic hydroxyl groups excluding tert-OH is 1. The lowest BCUT2D eigenvalue weighted by molar-refractivity contribution is -0.110. The van der Waals surface area contributed by atoms with E-state index in [-0.39, 0.29) is 23.0 Å². The second-order valence-electron chi connectivity index (χ2n) is 8.16. The van der Waals surface area contributed by atoms with Crippen LogP contribution in [0.4, 0.5) is 5.69 Å². The number of hydrogen-bond acceptors (Lipinski definition) is 6. The third-order valence-electron chi connectivity index (χ3n) is 6.10. The molecule has 1 saturated heterocycles. The van der Waals surface area contributed by atoms with Crippen LogP contribution in [0.3, 0.4) is 0 Å². The molecule has 3 aromatic rings. The number of carbonyl (C=O) groups is 1. The van der Waals surface area contributed by atoms with Gasteiger partial charge in [-0.3, -0.25) is 4.79 Å². The molecular weight excluding hydrogens is 430 g/mol. The van der Waals surface area contributed by atoms with Crippen molar-refractivity contribution in [2.45, 2.75) is 12.3 Å². The summed E-state index contributed by atoms with van der Waals surface area (Å²) in [6.07, 6.45) is 1.16. The first kappa shape index (κ1) is 20.6. The fourth-order valence-corrected chi connectivity index (χ4v) is 4.65. The van der Waals surface area contributed by atoms with Crippen molar-refractivity contribution in [1.29, 1.82) is 0 Å². The molecule has 2 aliphatic rings. The van der Waals surface area contributed by atoms with E-state index in [0.29, 0.717) is 22.2 Å². The smallest absolute Gasteiger partial charge is 0.260 e. The number of hydrogen-bond donors (Lipinski definition) is 2. The maximum absolute atomic E-state index is 12.6. The Labute approximate surface area is 190 Å². The molecule has 0 saturated carbocycles. The number of ether oxygens (including phenoxy) is 1. The minimum absolute atomic E-state index is 0.0437. The molecule has 3 heterocycles. The Kier molecular flexibility index (Phi) is 5.15. The Bertz CT molecular complexity index is 1230. The summed E-state index contributed by atoms with van der Waals surface area (Å²) in [7, 11) is 3.58. The quantitative estimate of drug-likeness (QED) is 0.437. The van der Waals surface area contributed by atoms with Crippen LogP contribution < -0.4 is 10.1 Å². The molecule has 2 N–H and O–H groups in total. The Morgan fingerprint density at radius 3 is 2.69 bits per heavy atom. The number of benzene rings is 2. The van der Waals surface area contributed by atoms with Crippen molar-refractivity contribution in [2.24, 2.45) is 0 Å². The summed E-state index contributed by atoms with van der Waals surface area (Å²) in [6.45, 7) is 2.17. The average molecular weight is 452 g/mol. The van der Waals surface area contributed by atoms with Gasteiger partial charge in [0.15, 0.2) is 5.76 Å². The summed E-state index contributed by atoms with van der Waals surface area (Å²) in [5.74, 6) is 0.0305. The molecular formula is C24H22ClN3O4. The van der Waals surface area contributed by atoms with E-state index in [4.69, 9.17) is 20.9 Å². The number of methoxy groups -OCH3 is 1. The van der Waals surface area contributed by atoms with Gasteiger partial charge < -0.3 is 24.6 Å². The van der Waals surface area contributed by atoms with Gasteiger partial charge in [0.1, 0.15) is 0 Å². The topological polar surface area (TPSA) is 87.8 Å². The first-order valence-electron chi connectivity index (χ1n) is 10.3. The number of fused-ring (bicyclic) bond motifs is 1. The molecule has 1 unspecified atom stereocenters. The second-order valence-corrected chi connectivity index (χ2v) is 8.57. The predicted octanol–water partition coefficient (Wildman–Crippen LogP) is 4.80. The van der Waals surface area contributed by atoms with E-state index in [0.717, 1.165) is 30.6 Å². The summed E-state index contributed by atoms with van der Waals surface area (Å²) in [4.78, 5) is 15.0. The molecule has 7 nitrogen and oxygen atoms in total. The Hall–Kier alpha value is -3.29. The van der Waals surface area contributed by atoms with Gasteiger partial charge in [0.05, 0.1) is 29.5 Å². The first-order valence-corrected chi connectivity index (χ1v) is 10.7. The molecule has 32 heavy (non-hydrogen) atoms. The van der Waals surface area contributed by atoms with Crippen LogP contribution in [0.15, 0.2) is 47.0 Å². The average Bonchev–Trinajstić information content (AvgIpc) is 3.51. The number of rotatable bonds is 4. The third-order valence-corrected chi connectivity index (χ3v) is 6.42. The van der Waals surface area contributed by atoms with Crippen LogP contribution in [0.5, 0.6) is 5.88 Å². The number of nitrogens with one attached hydrogen (secondary N) is 1. The van der Waals surface area contributed by atoms with Crippen LogP contribution in [-0.2, 0) is 4.79 Å². The van der Waals surface area contributed by atoms with Crippen molar-refractivity contribution in [3.63, 3.8) is 0 Å². The van der Waals surface area contributed by atoms with Crippen molar-refractivity contribution in [1.82, 2.24) is 10.1 Å². The highest BCUT2D eigenvalue weighted by molar-refractivity contribution is 6.38. The maximum Gasteiger partial charge on any atom is 0.260 e. The largest absolute Gasteiger partial charge is 0.504 e. The lowest BCUT2D eigenvalue weighted by atomic mass is 9.94. The first-order chi connectivity index (χ1) is 15.4. The van der Waals surface area contributed by atoms with E-state index in [1.807, 2.05) is 6.07 Å². The molecule has 2 aliphatic heterocycles. The SMILES string of the molecule is COc1cc(/C(O)=C2\C(=O)Nc3cc(Cl)c(-c4ccc(C5CCN(C)C5)cc4)cc32)on1. The van der Waals surface area contributed by atoms with Gasteiger partial charge in [-0.15, -0.1) is 0 Å². The van der Waals surface area contributed by atoms with Crippen LogP contribution in [0, 0.1) is 0 Å². The molecule has 5 rings (SSSR count). The molecule has 0 aliphatic carbocycles. The molecule has 1 amide bonds. The predicted molar refractivity (Wildman–Crippen MR) is 123 cm³/mol. The van der Waals surface area contributed by atoms with E-state index in [9.17, 15) is 9.90 Å². The molecule has 2 aromatic carbocycles. The van der Waals surface area contributed by atoms with Crippen molar-refractivity contribution >= 4 is 34.5 Å². The number of carbonyl (C=O) groups excluding carboxylic acids is 1. The van der Waals surface area contributed by atoms with E-state index in [2.05, 4.69) is 46.7 Å². The number of likely N-dealkylation sites (tertiary alicyclic amines) is 1. The standard InChI is InChI=1S/C24H22ClN3O4/c1-28-8-7-15(12-28)13-3-5-14(6-4-13)16-9-17-19(10-18(16)25)26-24(30)22(17)23(29)20-11-21(31-2)27-32-20/h3-6,9-11,15,29H,7-8,12H2,1-2H3,(H,26,30)/b23-22+. The fraction of sp³-hybridized carbons (Fsp3) is 0.250. The number of nitrogens with zero attached hydrogens (tertiary/aromatic N) is 2. The third kappa shape index (κ3) is 3.53. The Balaban J connectivity index is 1.53. The van der Waals surface area contributed by atoms with Crippen LogP contribution in [0.25, 0.3) is 22.5 Å². The number of amides is 1. The zero-order valence-electron chi connectivity index (χ0n) is 17.7. The van der Waals surface area contributed by atoms with Gasteiger partial charge in [-0.1, -0.05) is 35.9 Å². The number of anilines is 1. The summed E-state index contributed by atoms with van der Waals surface area (Å²) < 4.78 is 10.1. The van der Waals surface area contributed by atoms with Crippen LogP contribution in [-0.4, -0.2) is 48.3 Å². The van der Waals surface area contributed by atoms with E-state index >= 15 is 0 Å². The summed E-state index contributed by atoms with van der Waals surface area (Å²) in [5, 5.41) is 17.7. The number of halogens is 1. The van der Waals surface area contributed by atoms with Crippen molar-refractivity contribution in [3.05, 3.63) is 64.4 Å². The highest BCUT2D eigenvalue weighted by Crippen LogP contribution is 2.42. The van der Waals surface area contributed by atoms with Crippen molar-refractivity contribution < 1.29 is 19.2 Å². The summed E-state index contributed by atoms with van der Waals surface area (Å²) >= 11 is 6.56. The molecule has 164 valence electrons. The summed E-state index contributed by atoms with van der Waals surface area (Å²) in [6, 6.07) is 13.3. The molecule has 0 bridgehead atoms. The summed E-state index contributed by atoms with van der Waals surface area (Å²) in [5.41, 5.74) is 4.20.